The van der Waals surface area contributed by atoms with Crippen molar-refractivity contribution in [2.24, 2.45) is 0 Å². The summed E-state index contributed by atoms with van der Waals surface area (Å²) < 4.78 is 27.2. The van der Waals surface area contributed by atoms with Crippen LogP contribution in [0.25, 0.3) is 0 Å². The van der Waals surface area contributed by atoms with Crippen LogP contribution in [0.15, 0.2) is 78.9 Å². The van der Waals surface area contributed by atoms with Crippen LogP contribution in [0, 0.1) is 11.6 Å². The predicted octanol–water partition coefficient (Wildman–Crippen LogP) is 5.86. The molecule has 0 saturated carbocycles. The van der Waals surface area contributed by atoms with Crippen molar-refractivity contribution in [3.63, 3.8) is 0 Å². The molecule has 3 heteroatoms. The lowest BCUT2D eigenvalue weighted by Crippen LogP contribution is -2.21. The van der Waals surface area contributed by atoms with Crippen molar-refractivity contribution in [1.82, 2.24) is 0 Å². The molecule has 0 aliphatic carbocycles. The molecule has 3 aromatic rings. The third-order valence-corrected chi connectivity index (χ3v) is 3.82. The quantitative estimate of drug-likeness (QED) is 0.583. The second-order valence-corrected chi connectivity index (χ2v) is 5.42. The van der Waals surface area contributed by atoms with E-state index in [-0.39, 0.29) is 6.04 Å². The molecule has 23 heavy (non-hydrogen) atoms. The van der Waals surface area contributed by atoms with Gasteiger partial charge in [0.1, 0.15) is 11.6 Å². The molecule has 0 aliphatic heterocycles. The van der Waals surface area contributed by atoms with Gasteiger partial charge in [-0.1, -0.05) is 36.4 Å². The van der Waals surface area contributed by atoms with Gasteiger partial charge in [-0.3, -0.25) is 0 Å². The molecule has 0 heterocycles. The minimum Gasteiger partial charge on any atom is -0.334 e. The van der Waals surface area contributed by atoms with E-state index in [0.717, 1.165) is 17.4 Å². The van der Waals surface area contributed by atoms with Crippen molar-refractivity contribution < 1.29 is 8.78 Å². The number of benzene rings is 3. The van der Waals surface area contributed by atoms with Crippen molar-refractivity contribution in [1.29, 1.82) is 0 Å². The Kier molecular flexibility index (Phi) is 4.38. The molecule has 0 aromatic heterocycles. The zero-order chi connectivity index (χ0) is 16.2. The van der Waals surface area contributed by atoms with Gasteiger partial charge in [-0.15, -0.1) is 0 Å². The van der Waals surface area contributed by atoms with E-state index in [2.05, 4.69) is 4.90 Å². The Bertz CT molecular complexity index is 712. The summed E-state index contributed by atoms with van der Waals surface area (Å²) in [6, 6.07) is 23.1. The Labute approximate surface area is 134 Å². The minimum absolute atomic E-state index is 0.218. The smallest absolute Gasteiger partial charge is 0.126 e. The Morgan fingerprint density at radius 3 is 1.57 bits per heavy atom. The Morgan fingerprint density at radius 1 is 0.696 bits per heavy atom. The van der Waals surface area contributed by atoms with Crippen LogP contribution >= 0.6 is 0 Å². The summed E-state index contributed by atoms with van der Waals surface area (Å²) in [5, 5.41) is 0. The average molecular weight is 309 g/mol. The molecule has 116 valence electrons. The maximum Gasteiger partial charge on any atom is 0.126 e. The maximum atomic E-state index is 13.6. The SMILES string of the molecule is CC(c1cc(F)cc(F)c1)N(c1ccccc1)c1ccccc1. The lowest BCUT2D eigenvalue weighted by Gasteiger charge is -2.32. The molecule has 3 aromatic carbocycles. The van der Waals surface area contributed by atoms with Crippen molar-refractivity contribution in [3.05, 3.63) is 96.1 Å². The molecule has 0 aliphatic rings. The van der Waals surface area contributed by atoms with E-state index in [1.807, 2.05) is 67.6 Å². The van der Waals surface area contributed by atoms with Gasteiger partial charge in [-0.25, -0.2) is 8.78 Å². The molecule has 3 rings (SSSR count). The van der Waals surface area contributed by atoms with Crippen LogP contribution in [0.5, 0.6) is 0 Å². The molecule has 0 radical (unpaired) electrons. The summed E-state index contributed by atoms with van der Waals surface area (Å²) in [6.45, 7) is 1.94. The van der Waals surface area contributed by atoms with Crippen molar-refractivity contribution in [2.75, 3.05) is 4.90 Å². The van der Waals surface area contributed by atoms with Gasteiger partial charge in [-0.2, -0.15) is 0 Å². The fourth-order valence-corrected chi connectivity index (χ4v) is 2.74. The first-order valence-corrected chi connectivity index (χ1v) is 7.50. The van der Waals surface area contributed by atoms with Gasteiger partial charge >= 0.3 is 0 Å². The molecule has 1 atom stereocenters. The van der Waals surface area contributed by atoms with Gasteiger partial charge < -0.3 is 4.90 Å². The molecule has 0 N–H and O–H groups in total. The summed E-state index contributed by atoms with van der Waals surface area (Å²) >= 11 is 0. The highest BCUT2D eigenvalue weighted by Gasteiger charge is 2.19. The standard InChI is InChI=1S/C20H17F2N/c1-15(16-12-17(21)14-18(22)13-16)23(19-8-4-2-5-9-19)20-10-6-3-7-11-20/h2-15H,1H3. The first-order valence-electron chi connectivity index (χ1n) is 7.50. The Hall–Kier alpha value is -2.68. The monoisotopic (exact) mass is 309 g/mol. The van der Waals surface area contributed by atoms with E-state index in [9.17, 15) is 8.78 Å². The summed E-state index contributed by atoms with van der Waals surface area (Å²) in [5.74, 6) is -1.12. The number of anilines is 2. The zero-order valence-corrected chi connectivity index (χ0v) is 12.8. The molecule has 1 nitrogen and oxygen atoms in total. The Balaban J connectivity index is 2.08. The second kappa shape index (κ2) is 6.61. The van der Waals surface area contributed by atoms with E-state index < -0.39 is 11.6 Å². The fraction of sp³-hybridized carbons (Fsp3) is 0.100. The first-order chi connectivity index (χ1) is 11.1. The van der Waals surface area contributed by atoms with Gasteiger partial charge in [0.25, 0.3) is 0 Å². The van der Waals surface area contributed by atoms with E-state index >= 15 is 0 Å². The van der Waals surface area contributed by atoms with Crippen molar-refractivity contribution in [3.8, 4) is 0 Å². The number of rotatable bonds is 4. The summed E-state index contributed by atoms with van der Waals surface area (Å²) in [7, 11) is 0. The molecular weight excluding hydrogens is 292 g/mol. The summed E-state index contributed by atoms with van der Waals surface area (Å²) in [6.07, 6.45) is 0. The minimum atomic E-state index is -0.562. The van der Waals surface area contributed by atoms with Gasteiger partial charge in [-0.05, 0) is 48.9 Å². The molecule has 0 bridgehead atoms. The van der Waals surface area contributed by atoms with Crippen LogP contribution < -0.4 is 4.90 Å². The number of halogens is 2. The highest BCUT2D eigenvalue weighted by molar-refractivity contribution is 5.64. The highest BCUT2D eigenvalue weighted by atomic mass is 19.1. The molecule has 0 spiro atoms. The largest absolute Gasteiger partial charge is 0.334 e. The topological polar surface area (TPSA) is 3.24 Å². The van der Waals surface area contributed by atoms with Crippen LogP contribution in [0.1, 0.15) is 18.5 Å². The number of hydrogen-bond acceptors (Lipinski definition) is 1. The summed E-state index contributed by atoms with van der Waals surface area (Å²) in [4.78, 5) is 2.06. The van der Waals surface area contributed by atoms with Crippen LogP contribution in [0.3, 0.4) is 0 Å². The Morgan fingerprint density at radius 2 is 1.13 bits per heavy atom. The first kappa shape index (κ1) is 15.2. The number of para-hydroxylation sites is 2. The average Bonchev–Trinajstić information content (AvgIpc) is 2.56. The van der Waals surface area contributed by atoms with Crippen LogP contribution in [0.4, 0.5) is 20.2 Å². The van der Waals surface area contributed by atoms with E-state index in [4.69, 9.17) is 0 Å². The van der Waals surface area contributed by atoms with Crippen LogP contribution in [-0.4, -0.2) is 0 Å². The maximum absolute atomic E-state index is 13.6. The molecule has 0 saturated heterocycles. The number of hydrogen-bond donors (Lipinski definition) is 0. The lowest BCUT2D eigenvalue weighted by atomic mass is 10.0. The summed E-state index contributed by atoms with van der Waals surface area (Å²) in [5.41, 5.74) is 2.53. The van der Waals surface area contributed by atoms with E-state index in [1.54, 1.807) is 0 Å². The van der Waals surface area contributed by atoms with Gasteiger partial charge in [0.15, 0.2) is 0 Å². The molecular formula is C20H17F2N. The van der Waals surface area contributed by atoms with Crippen molar-refractivity contribution >= 4 is 11.4 Å². The molecule has 0 amide bonds. The molecule has 1 unspecified atom stereocenters. The zero-order valence-electron chi connectivity index (χ0n) is 12.8. The van der Waals surface area contributed by atoms with E-state index in [0.29, 0.717) is 5.56 Å². The van der Waals surface area contributed by atoms with Crippen molar-refractivity contribution in [2.45, 2.75) is 13.0 Å². The fourth-order valence-electron chi connectivity index (χ4n) is 2.74. The van der Waals surface area contributed by atoms with Gasteiger partial charge in [0, 0.05) is 17.4 Å². The van der Waals surface area contributed by atoms with Crippen LogP contribution in [-0.2, 0) is 0 Å². The third kappa shape index (κ3) is 3.39. The van der Waals surface area contributed by atoms with Gasteiger partial charge in [0.05, 0.1) is 6.04 Å². The lowest BCUT2D eigenvalue weighted by molar-refractivity contribution is 0.575. The van der Waals surface area contributed by atoms with Crippen LogP contribution in [0.2, 0.25) is 0 Å². The third-order valence-electron chi connectivity index (χ3n) is 3.82. The molecule has 0 fully saturated rings. The van der Waals surface area contributed by atoms with Gasteiger partial charge in [0.2, 0.25) is 0 Å². The normalized spacial score (nSPS) is 12.0. The highest BCUT2D eigenvalue weighted by Crippen LogP contribution is 2.35. The number of nitrogens with zero attached hydrogens (tertiary/aromatic N) is 1. The predicted molar refractivity (Wildman–Crippen MR) is 89.8 cm³/mol. The van der Waals surface area contributed by atoms with E-state index in [1.165, 1.54) is 12.1 Å². The second-order valence-electron chi connectivity index (χ2n) is 5.42.